The van der Waals surface area contributed by atoms with E-state index in [4.69, 9.17) is 10.5 Å². The molecule has 0 aromatic carbocycles. The zero-order valence-electron chi connectivity index (χ0n) is 13.0. The molecule has 1 aliphatic carbocycles. The molecule has 2 rings (SSSR count). The second-order valence-electron chi connectivity index (χ2n) is 6.49. The van der Waals surface area contributed by atoms with Crippen LogP contribution < -0.4 is 5.73 Å². The maximum atomic E-state index is 12.7. The Bertz CT molecular complexity index is 312. The fourth-order valence-corrected chi connectivity index (χ4v) is 3.62. The van der Waals surface area contributed by atoms with Crippen LogP contribution in [0.1, 0.15) is 52.4 Å². The molecule has 4 atom stereocenters. The van der Waals surface area contributed by atoms with E-state index in [-0.39, 0.29) is 18.1 Å². The van der Waals surface area contributed by atoms with Crippen molar-refractivity contribution in [3.8, 4) is 0 Å². The molecule has 4 unspecified atom stereocenters. The van der Waals surface area contributed by atoms with Gasteiger partial charge in [0, 0.05) is 31.7 Å². The maximum Gasteiger partial charge on any atom is 0.225 e. The standard InChI is InChI=1S/C16H30N2O2/c1-3-18(11-15-8-5-9-20-15)16(19)12(2)13-6-4-7-14(17)10-13/h12-15H,3-11,17H2,1-2H3. The molecule has 1 amide bonds. The summed E-state index contributed by atoms with van der Waals surface area (Å²) in [7, 11) is 0. The lowest BCUT2D eigenvalue weighted by molar-refractivity contribution is -0.138. The first-order chi connectivity index (χ1) is 9.61. The van der Waals surface area contributed by atoms with E-state index >= 15 is 0 Å². The fraction of sp³-hybridized carbons (Fsp3) is 0.938. The smallest absolute Gasteiger partial charge is 0.225 e. The third-order valence-corrected chi connectivity index (χ3v) is 4.99. The van der Waals surface area contributed by atoms with Gasteiger partial charge in [0.15, 0.2) is 0 Å². The first kappa shape index (κ1) is 15.8. The zero-order chi connectivity index (χ0) is 14.5. The summed E-state index contributed by atoms with van der Waals surface area (Å²) < 4.78 is 5.66. The monoisotopic (exact) mass is 282 g/mol. The first-order valence-corrected chi connectivity index (χ1v) is 8.27. The van der Waals surface area contributed by atoms with Crippen LogP contribution in [0.15, 0.2) is 0 Å². The van der Waals surface area contributed by atoms with Gasteiger partial charge in [-0.1, -0.05) is 13.3 Å². The van der Waals surface area contributed by atoms with Gasteiger partial charge in [-0.3, -0.25) is 4.79 Å². The van der Waals surface area contributed by atoms with Crippen LogP contribution in [0.5, 0.6) is 0 Å². The Kier molecular flexibility index (Phi) is 5.85. The first-order valence-electron chi connectivity index (χ1n) is 8.27. The summed E-state index contributed by atoms with van der Waals surface area (Å²) in [5.74, 6) is 0.856. The van der Waals surface area contributed by atoms with Gasteiger partial charge in [0.25, 0.3) is 0 Å². The molecular weight excluding hydrogens is 252 g/mol. The third-order valence-electron chi connectivity index (χ3n) is 4.99. The largest absolute Gasteiger partial charge is 0.376 e. The van der Waals surface area contributed by atoms with Crippen molar-refractivity contribution in [2.75, 3.05) is 19.7 Å². The van der Waals surface area contributed by atoms with Gasteiger partial charge < -0.3 is 15.4 Å². The van der Waals surface area contributed by atoms with Crippen molar-refractivity contribution < 1.29 is 9.53 Å². The molecule has 1 saturated heterocycles. The Hall–Kier alpha value is -0.610. The number of carbonyl (C=O) groups is 1. The summed E-state index contributed by atoms with van der Waals surface area (Å²) in [4.78, 5) is 14.7. The number of hydrogen-bond acceptors (Lipinski definition) is 3. The summed E-state index contributed by atoms with van der Waals surface area (Å²) in [6.07, 6.45) is 6.91. The van der Waals surface area contributed by atoms with Crippen molar-refractivity contribution in [1.82, 2.24) is 4.90 Å². The number of rotatable bonds is 5. The number of ether oxygens (including phenoxy) is 1. The van der Waals surface area contributed by atoms with Crippen LogP contribution in [-0.2, 0) is 9.53 Å². The van der Waals surface area contributed by atoms with Crippen molar-refractivity contribution in [2.45, 2.75) is 64.5 Å². The SMILES string of the molecule is CCN(CC1CCCO1)C(=O)C(C)C1CCCC(N)C1. The lowest BCUT2D eigenvalue weighted by atomic mass is 9.78. The molecule has 4 heteroatoms. The normalized spacial score (nSPS) is 32.0. The van der Waals surface area contributed by atoms with Crippen molar-refractivity contribution in [3.63, 3.8) is 0 Å². The quantitative estimate of drug-likeness (QED) is 0.841. The fourth-order valence-electron chi connectivity index (χ4n) is 3.62. The molecule has 0 aromatic rings. The number of amides is 1. The number of nitrogens with two attached hydrogens (primary N) is 1. The highest BCUT2D eigenvalue weighted by atomic mass is 16.5. The molecule has 0 radical (unpaired) electrons. The summed E-state index contributed by atoms with van der Waals surface area (Å²) in [6, 6.07) is 0.289. The summed E-state index contributed by atoms with van der Waals surface area (Å²) in [5.41, 5.74) is 6.06. The molecule has 4 nitrogen and oxygen atoms in total. The topological polar surface area (TPSA) is 55.6 Å². The van der Waals surface area contributed by atoms with Crippen molar-refractivity contribution >= 4 is 5.91 Å². The molecular formula is C16H30N2O2. The zero-order valence-corrected chi connectivity index (χ0v) is 13.0. The minimum absolute atomic E-state index is 0.0997. The molecule has 20 heavy (non-hydrogen) atoms. The van der Waals surface area contributed by atoms with E-state index in [1.54, 1.807) is 0 Å². The maximum absolute atomic E-state index is 12.7. The molecule has 1 saturated carbocycles. The highest BCUT2D eigenvalue weighted by Gasteiger charge is 2.32. The summed E-state index contributed by atoms with van der Waals surface area (Å²) in [5, 5.41) is 0. The van der Waals surface area contributed by atoms with Crippen LogP contribution >= 0.6 is 0 Å². The molecule has 1 aliphatic heterocycles. The van der Waals surface area contributed by atoms with Crippen molar-refractivity contribution in [1.29, 1.82) is 0 Å². The highest BCUT2D eigenvalue weighted by molar-refractivity contribution is 5.78. The Labute approximate surface area is 123 Å². The van der Waals surface area contributed by atoms with E-state index in [1.165, 1.54) is 6.42 Å². The number of nitrogens with zero attached hydrogens (tertiary/aromatic N) is 1. The van der Waals surface area contributed by atoms with Crippen molar-refractivity contribution in [3.05, 3.63) is 0 Å². The van der Waals surface area contributed by atoms with Gasteiger partial charge in [-0.05, 0) is 44.9 Å². The van der Waals surface area contributed by atoms with Gasteiger partial charge in [-0.15, -0.1) is 0 Å². The van der Waals surface area contributed by atoms with Gasteiger partial charge in [-0.2, -0.15) is 0 Å². The number of carbonyl (C=O) groups excluding carboxylic acids is 1. The van der Waals surface area contributed by atoms with Gasteiger partial charge in [0.05, 0.1) is 6.10 Å². The van der Waals surface area contributed by atoms with E-state index in [9.17, 15) is 4.79 Å². The minimum atomic E-state index is 0.0997. The van der Waals surface area contributed by atoms with Gasteiger partial charge in [-0.25, -0.2) is 0 Å². The average molecular weight is 282 g/mol. The lowest BCUT2D eigenvalue weighted by Gasteiger charge is -2.34. The Morgan fingerprint density at radius 1 is 1.35 bits per heavy atom. The molecule has 0 aromatic heterocycles. The molecule has 2 fully saturated rings. The van der Waals surface area contributed by atoms with E-state index in [0.717, 1.165) is 51.8 Å². The third kappa shape index (κ3) is 3.95. The predicted molar refractivity (Wildman–Crippen MR) is 80.3 cm³/mol. The Balaban J connectivity index is 1.89. The average Bonchev–Trinajstić information content (AvgIpc) is 2.96. The summed E-state index contributed by atoms with van der Waals surface area (Å²) in [6.45, 7) is 6.54. The second kappa shape index (κ2) is 7.41. The van der Waals surface area contributed by atoms with Gasteiger partial charge in [0.2, 0.25) is 5.91 Å². The Morgan fingerprint density at radius 3 is 2.75 bits per heavy atom. The predicted octanol–water partition coefficient (Wildman–Crippen LogP) is 2.17. The summed E-state index contributed by atoms with van der Waals surface area (Å²) >= 11 is 0. The second-order valence-corrected chi connectivity index (χ2v) is 6.49. The van der Waals surface area contributed by atoms with E-state index in [1.807, 2.05) is 4.90 Å². The van der Waals surface area contributed by atoms with Gasteiger partial charge in [0.1, 0.15) is 0 Å². The highest BCUT2D eigenvalue weighted by Crippen LogP contribution is 2.30. The van der Waals surface area contributed by atoms with Crippen LogP contribution in [0.4, 0.5) is 0 Å². The molecule has 116 valence electrons. The molecule has 0 spiro atoms. The van der Waals surface area contributed by atoms with Crippen LogP contribution in [0.3, 0.4) is 0 Å². The molecule has 2 N–H and O–H groups in total. The Morgan fingerprint density at radius 2 is 2.15 bits per heavy atom. The van der Waals surface area contributed by atoms with E-state index < -0.39 is 0 Å². The van der Waals surface area contributed by atoms with Crippen molar-refractivity contribution in [2.24, 2.45) is 17.6 Å². The van der Waals surface area contributed by atoms with Gasteiger partial charge >= 0.3 is 0 Å². The van der Waals surface area contributed by atoms with E-state index in [0.29, 0.717) is 11.8 Å². The van der Waals surface area contributed by atoms with Crippen LogP contribution in [0, 0.1) is 11.8 Å². The molecule has 2 aliphatic rings. The van der Waals surface area contributed by atoms with Crippen LogP contribution in [0.2, 0.25) is 0 Å². The number of likely N-dealkylation sites (N-methyl/N-ethyl adjacent to an activating group) is 1. The number of hydrogen-bond donors (Lipinski definition) is 1. The minimum Gasteiger partial charge on any atom is -0.376 e. The van der Waals surface area contributed by atoms with Crippen LogP contribution in [0.25, 0.3) is 0 Å². The lowest BCUT2D eigenvalue weighted by Crippen LogP contribution is -2.43. The molecule has 1 heterocycles. The van der Waals surface area contributed by atoms with Crippen LogP contribution in [-0.4, -0.2) is 42.6 Å². The molecule has 0 bridgehead atoms. The van der Waals surface area contributed by atoms with E-state index in [2.05, 4.69) is 13.8 Å².